The maximum atomic E-state index is 5.40. The molecule has 0 saturated heterocycles. The number of ether oxygens (including phenoxy) is 4. The smallest absolute Gasteiger partial charge is 0.123 e. The molecular weight excluding hydrogens is 332 g/mol. The highest BCUT2D eigenvalue weighted by Crippen LogP contribution is 2.37. The van der Waals surface area contributed by atoms with Gasteiger partial charge in [0, 0.05) is 30.3 Å². The van der Waals surface area contributed by atoms with Gasteiger partial charge in [-0.1, -0.05) is 0 Å². The van der Waals surface area contributed by atoms with Crippen LogP contribution in [0.15, 0.2) is 42.7 Å². The largest absolute Gasteiger partial charge is 0.497 e. The van der Waals surface area contributed by atoms with Crippen molar-refractivity contribution < 1.29 is 18.9 Å². The van der Waals surface area contributed by atoms with E-state index in [-0.39, 0.29) is 0 Å². The van der Waals surface area contributed by atoms with Crippen molar-refractivity contribution in [2.45, 2.75) is 0 Å². The van der Waals surface area contributed by atoms with Gasteiger partial charge in [-0.25, -0.2) is 4.98 Å². The van der Waals surface area contributed by atoms with Crippen molar-refractivity contribution in [2.24, 2.45) is 7.05 Å². The Morgan fingerprint density at radius 2 is 1.08 bits per heavy atom. The van der Waals surface area contributed by atoms with E-state index in [0.29, 0.717) is 11.5 Å². The molecule has 6 heteroatoms. The van der Waals surface area contributed by atoms with Crippen LogP contribution in [0.2, 0.25) is 0 Å². The van der Waals surface area contributed by atoms with E-state index in [0.717, 1.165) is 34.0 Å². The molecule has 0 spiro atoms. The second-order valence-corrected chi connectivity index (χ2v) is 5.76. The van der Waals surface area contributed by atoms with Gasteiger partial charge < -0.3 is 23.5 Å². The third-order valence-corrected chi connectivity index (χ3v) is 4.19. The van der Waals surface area contributed by atoms with Gasteiger partial charge in [0.15, 0.2) is 0 Å². The van der Waals surface area contributed by atoms with E-state index in [2.05, 4.69) is 4.98 Å². The minimum Gasteiger partial charge on any atom is -0.497 e. The molecule has 1 aromatic heterocycles. The number of rotatable bonds is 6. The predicted octanol–water partition coefficient (Wildman–Crippen LogP) is 3.79. The monoisotopic (exact) mass is 354 g/mol. The lowest BCUT2D eigenvalue weighted by Gasteiger charge is -2.12. The maximum absolute atomic E-state index is 5.40. The quantitative estimate of drug-likeness (QED) is 0.674. The Kier molecular flexibility index (Phi) is 5.02. The van der Waals surface area contributed by atoms with Crippen molar-refractivity contribution in [2.75, 3.05) is 28.4 Å². The van der Waals surface area contributed by atoms with E-state index >= 15 is 0 Å². The normalized spacial score (nSPS) is 10.5. The molecule has 0 saturated carbocycles. The topological polar surface area (TPSA) is 54.7 Å². The maximum Gasteiger partial charge on any atom is 0.123 e. The number of hydrogen-bond donors (Lipinski definition) is 0. The number of hydrogen-bond acceptors (Lipinski definition) is 5. The first-order valence-electron chi connectivity index (χ1n) is 8.07. The summed E-state index contributed by atoms with van der Waals surface area (Å²) in [5, 5.41) is 0. The van der Waals surface area contributed by atoms with Gasteiger partial charge >= 0.3 is 0 Å². The lowest BCUT2D eigenvalue weighted by atomic mass is 10.0. The van der Waals surface area contributed by atoms with Crippen LogP contribution in [0.4, 0.5) is 0 Å². The Morgan fingerprint density at radius 1 is 0.654 bits per heavy atom. The fourth-order valence-corrected chi connectivity index (χ4v) is 2.87. The molecule has 0 unspecified atom stereocenters. The molecule has 6 nitrogen and oxygen atoms in total. The minimum absolute atomic E-state index is 0.708. The Labute approximate surface area is 152 Å². The molecule has 0 bridgehead atoms. The fraction of sp³-hybridized carbons (Fsp3) is 0.250. The molecule has 136 valence electrons. The molecular formula is C20H22N2O4. The third kappa shape index (κ3) is 3.31. The number of methoxy groups -OCH3 is 4. The Hall–Kier alpha value is -3.15. The zero-order chi connectivity index (χ0) is 18.7. The van der Waals surface area contributed by atoms with Crippen molar-refractivity contribution in [1.82, 2.24) is 9.55 Å². The second-order valence-electron chi connectivity index (χ2n) is 5.76. The zero-order valence-electron chi connectivity index (χ0n) is 15.6. The summed E-state index contributed by atoms with van der Waals surface area (Å²) in [4.78, 5) is 4.59. The number of imidazole rings is 1. The van der Waals surface area contributed by atoms with Crippen LogP contribution in [0.3, 0.4) is 0 Å². The van der Waals surface area contributed by atoms with E-state index < -0.39 is 0 Å². The van der Waals surface area contributed by atoms with Gasteiger partial charge in [0.05, 0.1) is 46.2 Å². The number of benzene rings is 2. The highest BCUT2D eigenvalue weighted by molar-refractivity contribution is 5.81. The van der Waals surface area contributed by atoms with Crippen molar-refractivity contribution >= 4 is 0 Å². The molecule has 0 amide bonds. The van der Waals surface area contributed by atoms with Crippen molar-refractivity contribution in [3.63, 3.8) is 0 Å². The minimum atomic E-state index is 0.708. The predicted molar refractivity (Wildman–Crippen MR) is 100 cm³/mol. The van der Waals surface area contributed by atoms with E-state index in [1.54, 1.807) is 34.8 Å². The molecule has 1 heterocycles. The summed E-state index contributed by atoms with van der Waals surface area (Å²) in [6.07, 6.45) is 1.78. The standard InChI is InChI=1S/C20H22N2O4/c1-22-12-21-19(13-6-15(23-2)10-16(7-13)24-3)20(22)14-8-17(25-4)11-18(9-14)26-5/h6-12H,1-5H3. The number of nitrogens with zero attached hydrogens (tertiary/aromatic N) is 2. The molecule has 0 aliphatic heterocycles. The molecule has 3 rings (SSSR count). The Balaban J connectivity index is 2.20. The summed E-state index contributed by atoms with van der Waals surface area (Å²) in [7, 11) is 8.48. The van der Waals surface area contributed by atoms with Crippen molar-refractivity contribution in [3.8, 4) is 45.5 Å². The van der Waals surface area contributed by atoms with E-state index in [1.165, 1.54) is 0 Å². The zero-order valence-corrected chi connectivity index (χ0v) is 15.6. The fourth-order valence-electron chi connectivity index (χ4n) is 2.87. The molecule has 3 aromatic rings. The summed E-state index contributed by atoms with van der Waals surface area (Å²) in [5.41, 5.74) is 3.61. The molecule has 26 heavy (non-hydrogen) atoms. The van der Waals surface area contributed by atoms with Gasteiger partial charge in [0.1, 0.15) is 23.0 Å². The first-order chi connectivity index (χ1) is 12.6. The van der Waals surface area contributed by atoms with Gasteiger partial charge in [-0.15, -0.1) is 0 Å². The van der Waals surface area contributed by atoms with Crippen LogP contribution in [0, 0.1) is 0 Å². The van der Waals surface area contributed by atoms with Crippen LogP contribution < -0.4 is 18.9 Å². The third-order valence-electron chi connectivity index (χ3n) is 4.19. The SMILES string of the molecule is COc1cc(OC)cc(-c2ncn(C)c2-c2cc(OC)cc(OC)c2)c1. The van der Waals surface area contributed by atoms with E-state index in [1.807, 2.05) is 48.0 Å². The molecule has 0 aliphatic carbocycles. The first kappa shape index (κ1) is 17.7. The second kappa shape index (κ2) is 7.39. The molecule has 0 atom stereocenters. The number of aromatic nitrogens is 2. The molecule has 0 fully saturated rings. The van der Waals surface area contributed by atoms with E-state index in [9.17, 15) is 0 Å². The van der Waals surface area contributed by atoms with Crippen LogP contribution in [-0.4, -0.2) is 38.0 Å². The Bertz CT molecular complexity index is 874. The molecule has 2 aromatic carbocycles. The van der Waals surface area contributed by atoms with E-state index in [4.69, 9.17) is 18.9 Å². The van der Waals surface area contributed by atoms with Crippen LogP contribution in [0.1, 0.15) is 0 Å². The average Bonchev–Trinajstić information content (AvgIpc) is 3.08. The lowest BCUT2D eigenvalue weighted by molar-refractivity contribution is 0.394. The van der Waals surface area contributed by atoms with Gasteiger partial charge in [-0.2, -0.15) is 0 Å². The molecule has 0 radical (unpaired) electrons. The lowest BCUT2D eigenvalue weighted by Crippen LogP contribution is -1.95. The summed E-state index contributed by atoms with van der Waals surface area (Å²) < 4.78 is 23.6. The summed E-state index contributed by atoms with van der Waals surface area (Å²) >= 11 is 0. The van der Waals surface area contributed by atoms with Gasteiger partial charge in [0.2, 0.25) is 0 Å². The summed E-state index contributed by atoms with van der Waals surface area (Å²) in [6.45, 7) is 0. The van der Waals surface area contributed by atoms with Crippen molar-refractivity contribution in [3.05, 3.63) is 42.7 Å². The van der Waals surface area contributed by atoms with Gasteiger partial charge in [-0.05, 0) is 24.3 Å². The van der Waals surface area contributed by atoms with Crippen LogP contribution >= 0.6 is 0 Å². The van der Waals surface area contributed by atoms with Crippen LogP contribution in [0.5, 0.6) is 23.0 Å². The van der Waals surface area contributed by atoms with Crippen molar-refractivity contribution in [1.29, 1.82) is 0 Å². The number of aryl methyl sites for hydroxylation is 1. The molecule has 0 N–H and O–H groups in total. The van der Waals surface area contributed by atoms with Crippen LogP contribution in [-0.2, 0) is 7.05 Å². The van der Waals surface area contributed by atoms with Crippen LogP contribution in [0.25, 0.3) is 22.5 Å². The summed E-state index contributed by atoms with van der Waals surface area (Å²) in [6, 6.07) is 11.5. The van der Waals surface area contributed by atoms with Gasteiger partial charge in [0.25, 0.3) is 0 Å². The highest BCUT2D eigenvalue weighted by atomic mass is 16.5. The first-order valence-corrected chi connectivity index (χ1v) is 8.07. The highest BCUT2D eigenvalue weighted by Gasteiger charge is 2.17. The van der Waals surface area contributed by atoms with Gasteiger partial charge in [-0.3, -0.25) is 0 Å². The Morgan fingerprint density at radius 3 is 1.50 bits per heavy atom. The summed E-state index contributed by atoms with van der Waals surface area (Å²) in [5.74, 6) is 2.85. The molecule has 0 aliphatic rings. The average molecular weight is 354 g/mol.